The molecular formula is C71H46N2. The molecule has 12 aromatic carbocycles. The fraction of sp³-hybridized carbons (Fsp3) is 0.0141. The van der Waals surface area contributed by atoms with E-state index in [-0.39, 0.29) is 0 Å². The molecule has 15 rings (SSSR count). The van der Waals surface area contributed by atoms with E-state index in [1.165, 1.54) is 93.8 Å². The van der Waals surface area contributed by atoms with Gasteiger partial charge in [0.2, 0.25) is 0 Å². The van der Waals surface area contributed by atoms with Gasteiger partial charge in [0, 0.05) is 38.8 Å². The van der Waals surface area contributed by atoms with Crippen LogP contribution in [0.25, 0.3) is 93.9 Å². The Morgan fingerprint density at radius 1 is 0.301 bits per heavy atom. The number of rotatable bonds is 7. The maximum Gasteiger partial charge on any atom is 0.0726 e. The molecule has 340 valence electrons. The topological polar surface area (TPSA) is 8.17 Å². The van der Waals surface area contributed by atoms with Crippen LogP contribution in [0.15, 0.2) is 279 Å². The lowest BCUT2D eigenvalue weighted by atomic mass is 9.70. The van der Waals surface area contributed by atoms with Crippen molar-refractivity contribution in [1.82, 2.24) is 4.57 Å². The van der Waals surface area contributed by atoms with Crippen LogP contribution in [0.2, 0.25) is 0 Å². The second-order valence-electron chi connectivity index (χ2n) is 19.6. The van der Waals surface area contributed by atoms with E-state index in [1.807, 2.05) is 0 Å². The first-order valence-electron chi connectivity index (χ1n) is 25.3. The van der Waals surface area contributed by atoms with Gasteiger partial charge in [0.15, 0.2) is 0 Å². The second kappa shape index (κ2) is 16.3. The van der Waals surface area contributed by atoms with Crippen LogP contribution >= 0.6 is 0 Å². The summed E-state index contributed by atoms with van der Waals surface area (Å²) in [5.41, 5.74) is 23.9. The lowest BCUT2D eigenvalue weighted by Gasteiger charge is -2.32. The Balaban J connectivity index is 0.960. The zero-order valence-corrected chi connectivity index (χ0v) is 40.0. The van der Waals surface area contributed by atoms with Crippen molar-refractivity contribution < 1.29 is 0 Å². The van der Waals surface area contributed by atoms with Gasteiger partial charge in [-0.15, -0.1) is 0 Å². The van der Waals surface area contributed by atoms with Crippen molar-refractivity contribution in [2.45, 2.75) is 5.41 Å². The van der Waals surface area contributed by atoms with Gasteiger partial charge < -0.3 is 9.47 Å². The summed E-state index contributed by atoms with van der Waals surface area (Å²) < 4.78 is 2.46. The van der Waals surface area contributed by atoms with Crippen molar-refractivity contribution in [1.29, 1.82) is 0 Å². The number of fused-ring (bicyclic) bond motifs is 15. The Morgan fingerprint density at radius 3 is 1.49 bits per heavy atom. The lowest BCUT2D eigenvalue weighted by molar-refractivity contribution is 0.794. The van der Waals surface area contributed by atoms with Crippen molar-refractivity contribution in [3.63, 3.8) is 0 Å². The molecule has 1 aromatic heterocycles. The molecule has 0 saturated heterocycles. The number of benzene rings is 12. The average molecular weight is 927 g/mol. The van der Waals surface area contributed by atoms with Crippen LogP contribution in [0, 0.1) is 0 Å². The Bertz CT molecular complexity index is 4200. The molecule has 0 unspecified atom stereocenters. The maximum atomic E-state index is 2.52. The molecule has 0 N–H and O–H groups in total. The number of hydrogen-bond donors (Lipinski definition) is 0. The van der Waals surface area contributed by atoms with Crippen LogP contribution in [0.3, 0.4) is 0 Å². The molecule has 0 bridgehead atoms. The van der Waals surface area contributed by atoms with E-state index in [9.17, 15) is 0 Å². The van der Waals surface area contributed by atoms with Crippen molar-refractivity contribution in [3.8, 4) is 61.3 Å². The number of nitrogens with zero attached hydrogens (tertiary/aromatic N) is 2. The van der Waals surface area contributed by atoms with Gasteiger partial charge in [-0.3, -0.25) is 0 Å². The lowest BCUT2D eigenvalue weighted by Crippen LogP contribution is -2.26. The quantitative estimate of drug-likeness (QED) is 0.155. The van der Waals surface area contributed by atoms with Crippen molar-refractivity contribution in [2.24, 2.45) is 0 Å². The van der Waals surface area contributed by atoms with Crippen LogP contribution in [-0.2, 0) is 5.41 Å². The van der Waals surface area contributed by atoms with Gasteiger partial charge in [0.1, 0.15) is 0 Å². The highest BCUT2D eigenvalue weighted by molar-refractivity contribution is 6.19. The highest BCUT2D eigenvalue weighted by Gasteiger charge is 2.52. The number of para-hydroxylation sites is 1. The fourth-order valence-electron chi connectivity index (χ4n) is 12.7. The highest BCUT2D eigenvalue weighted by atomic mass is 15.1. The van der Waals surface area contributed by atoms with E-state index in [2.05, 4.69) is 289 Å². The molecule has 2 nitrogen and oxygen atoms in total. The predicted octanol–water partition coefficient (Wildman–Crippen LogP) is 18.8. The van der Waals surface area contributed by atoms with E-state index in [4.69, 9.17) is 0 Å². The first-order valence-corrected chi connectivity index (χ1v) is 25.3. The van der Waals surface area contributed by atoms with Gasteiger partial charge in [-0.1, -0.05) is 224 Å². The fourth-order valence-corrected chi connectivity index (χ4v) is 12.7. The molecule has 0 aliphatic heterocycles. The van der Waals surface area contributed by atoms with Crippen LogP contribution in [0.5, 0.6) is 0 Å². The molecule has 0 atom stereocenters. The van der Waals surface area contributed by atoms with E-state index < -0.39 is 5.41 Å². The zero-order chi connectivity index (χ0) is 48.0. The normalized spacial score (nSPS) is 12.8. The summed E-state index contributed by atoms with van der Waals surface area (Å²) in [5, 5.41) is 4.99. The van der Waals surface area contributed by atoms with Gasteiger partial charge >= 0.3 is 0 Å². The van der Waals surface area contributed by atoms with Gasteiger partial charge in [-0.05, 0) is 132 Å². The minimum Gasteiger partial charge on any atom is -0.310 e. The summed E-state index contributed by atoms with van der Waals surface area (Å²) in [4.78, 5) is 2.52. The molecule has 13 aromatic rings. The standard InChI is InChI=1S/C71H46N2/c1-4-19-47(20-5-1)52-43-53(48-21-6-2-7-22-48)45-56(44-52)72(67-34-18-33-66-69(67)62-29-14-17-32-65(62)71(66)63-30-15-12-27-58(63)59-28-13-16-31-64(59)71)55-39-35-49(36-40-55)51-38-41-60-61-42-37-50-23-10-11-26-57(50)70(61)73(68(60)46-51)54-24-8-3-9-25-54/h1-46H. The average Bonchev–Trinajstić information content (AvgIpc) is 4.16. The number of aromatic nitrogens is 1. The summed E-state index contributed by atoms with van der Waals surface area (Å²) >= 11 is 0. The van der Waals surface area contributed by atoms with Crippen LogP contribution in [0.1, 0.15) is 22.3 Å². The molecule has 0 saturated carbocycles. The number of anilines is 3. The minimum absolute atomic E-state index is 0.473. The first-order chi connectivity index (χ1) is 36.2. The van der Waals surface area contributed by atoms with Crippen LogP contribution in [0.4, 0.5) is 17.1 Å². The molecule has 0 radical (unpaired) electrons. The highest BCUT2D eigenvalue weighted by Crippen LogP contribution is 2.64. The van der Waals surface area contributed by atoms with E-state index >= 15 is 0 Å². The van der Waals surface area contributed by atoms with Crippen LogP contribution < -0.4 is 4.90 Å². The van der Waals surface area contributed by atoms with Gasteiger partial charge in [-0.25, -0.2) is 0 Å². The minimum atomic E-state index is -0.473. The van der Waals surface area contributed by atoms with Gasteiger partial charge in [0.05, 0.1) is 22.1 Å². The summed E-state index contributed by atoms with van der Waals surface area (Å²) in [5.74, 6) is 0. The molecule has 73 heavy (non-hydrogen) atoms. The maximum absolute atomic E-state index is 2.52. The molecule has 2 heteroatoms. The van der Waals surface area contributed by atoms with E-state index in [1.54, 1.807) is 0 Å². The van der Waals surface area contributed by atoms with E-state index in [0.717, 1.165) is 39.4 Å². The summed E-state index contributed by atoms with van der Waals surface area (Å²) in [6.45, 7) is 0. The third-order valence-electron chi connectivity index (χ3n) is 15.8. The SMILES string of the molecule is c1ccc(-c2cc(-c3ccccc3)cc(N(c3ccc(-c4ccc5c6ccc7ccccc7c6n(-c6ccccc6)c5c4)cc3)c3cccc4c3-c3ccccc3C43c4ccccc4-c4ccccc43)c2)cc1. The third-order valence-corrected chi connectivity index (χ3v) is 15.8. The smallest absolute Gasteiger partial charge is 0.0726 e. The van der Waals surface area contributed by atoms with Crippen molar-refractivity contribution in [2.75, 3.05) is 4.90 Å². The van der Waals surface area contributed by atoms with Crippen molar-refractivity contribution >= 4 is 49.6 Å². The molecule has 2 aliphatic rings. The monoisotopic (exact) mass is 926 g/mol. The Kier molecular flexibility index (Phi) is 9.21. The summed E-state index contributed by atoms with van der Waals surface area (Å²) in [6.07, 6.45) is 0. The Hall–Kier alpha value is -9.50. The van der Waals surface area contributed by atoms with Crippen LogP contribution in [-0.4, -0.2) is 4.57 Å². The Labute approximate surface area is 425 Å². The molecule has 1 heterocycles. The van der Waals surface area contributed by atoms with Gasteiger partial charge in [0.25, 0.3) is 0 Å². The Morgan fingerprint density at radius 2 is 0.822 bits per heavy atom. The van der Waals surface area contributed by atoms with E-state index in [0.29, 0.717) is 0 Å². The molecular weight excluding hydrogens is 881 g/mol. The summed E-state index contributed by atoms with van der Waals surface area (Å²) in [7, 11) is 0. The molecule has 2 aliphatic carbocycles. The predicted molar refractivity (Wildman–Crippen MR) is 306 cm³/mol. The number of hydrogen-bond acceptors (Lipinski definition) is 1. The molecule has 1 spiro atoms. The zero-order valence-electron chi connectivity index (χ0n) is 40.0. The molecule has 0 amide bonds. The van der Waals surface area contributed by atoms with Gasteiger partial charge in [-0.2, -0.15) is 0 Å². The first kappa shape index (κ1) is 41.3. The third kappa shape index (κ3) is 6.17. The molecule has 0 fully saturated rings. The second-order valence-corrected chi connectivity index (χ2v) is 19.6. The largest absolute Gasteiger partial charge is 0.310 e. The summed E-state index contributed by atoms with van der Waals surface area (Å²) in [6, 6.07) is 103. The van der Waals surface area contributed by atoms with Crippen molar-refractivity contribution in [3.05, 3.63) is 301 Å².